The average molecular weight is 263 g/mol. The number of thiophene rings is 1. The van der Waals surface area contributed by atoms with Gasteiger partial charge < -0.3 is 9.32 Å². The fourth-order valence-corrected chi connectivity index (χ4v) is 2.44. The molecular weight excluding hydrogens is 246 g/mol. The van der Waals surface area contributed by atoms with E-state index >= 15 is 0 Å². The predicted molar refractivity (Wildman–Crippen MR) is 72.7 cm³/mol. The first-order valence-corrected chi connectivity index (χ1v) is 6.92. The summed E-state index contributed by atoms with van der Waals surface area (Å²) in [5.41, 5.74) is 0. The van der Waals surface area contributed by atoms with Gasteiger partial charge in [-0.15, -0.1) is 11.3 Å². The molecule has 96 valence electrons. The highest BCUT2D eigenvalue weighted by Gasteiger charge is 2.09. The molecule has 3 nitrogen and oxygen atoms in total. The van der Waals surface area contributed by atoms with Crippen LogP contribution in [0.1, 0.15) is 17.1 Å². The van der Waals surface area contributed by atoms with Crippen molar-refractivity contribution in [2.75, 3.05) is 13.6 Å². The van der Waals surface area contributed by atoms with Crippen LogP contribution in [0.4, 0.5) is 0 Å². The number of carbonyl (C=O) groups excluding carboxylic acids is 1. The summed E-state index contributed by atoms with van der Waals surface area (Å²) in [5, 5.41) is 2.04. The van der Waals surface area contributed by atoms with E-state index in [0.29, 0.717) is 13.0 Å². The lowest BCUT2D eigenvalue weighted by Crippen LogP contribution is -2.28. The Labute approximate surface area is 111 Å². The van der Waals surface area contributed by atoms with Gasteiger partial charge in [-0.2, -0.15) is 0 Å². The zero-order valence-corrected chi connectivity index (χ0v) is 11.3. The van der Waals surface area contributed by atoms with Crippen LogP contribution in [0.3, 0.4) is 0 Å². The molecule has 0 spiro atoms. The third-order valence-electron chi connectivity index (χ3n) is 2.86. The Morgan fingerprint density at radius 2 is 2.22 bits per heavy atom. The third kappa shape index (κ3) is 3.74. The van der Waals surface area contributed by atoms with Crippen molar-refractivity contribution in [1.29, 1.82) is 0 Å². The highest BCUT2D eigenvalue weighted by Crippen LogP contribution is 2.11. The molecule has 0 bridgehead atoms. The van der Waals surface area contributed by atoms with Crippen LogP contribution in [0.25, 0.3) is 0 Å². The molecule has 0 aliphatic rings. The van der Waals surface area contributed by atoms with Gasteiger partial charge in [0.2, 0.25) is 5.91 Å². The number of aryl methyl sites for hydroxylation is 1. The lowest BCUT2D eigenvalue weighted by molar-refractivity contribution is -0.129. The molecule has 0 aliphatic heterocycles. The second kappa shape index (κ2) is 6.40. The molecule has 2 aromatic rings. The molecular formula is C14H17NO2S. The van der Waals surface area contributed by atoms with Crippen LogP contribution in [0.2, 0.25) is 0 Å². The van der Waals surface area contributed by atoms with Gasteiger partial charge >= 0.3 is 0 Å². The number of amides is 1. The van der Waals surface area contributed by atoms with E-state index in [0.717, 1.165) is 18.6 Å². The van der Waals surface area contributed by atoms with Gasteiger partial charge in [-0.05, 0) is 30.0 Å². The van der Waals surface area contributed by atoms with Gasteiger partial charge in [-0.1, -0.05) is 6.07 Å². The average Bonchev–Trinajstić information content (AvgIpc) is 3.05. The fraction of sp³-hybridized carbons (Fsp3) is 0.357. The van der Waals surface area contributed by atoms with Crippen LogP contribution in [-0.2, 0) is 17.6 Å². The minimum absolute atomic E-state index is 0.190. The summed E-state index contributed by atoms with van der Waals surface area (Å²) in [6.45, 7) is 0.705. The van der Waals surface area contributed by atoms with Crippen LogP contribution in [0.15, 0.2) is 40.3 Å². The number of furan rings is 1. The van der Waals surface area contributed by atoms with Crippen molar-refractivity contribution in [3.05, 3.63) is 46.5 Å². The van der Waals surface area contributed by atoms with E-state index in [4.69, 9.17) is 4.42 Å². The second-order valence-electron chi connectivity index (χ2n) is 4.22. The molecule has 1 amide bonds. The molecule has 4 heteroatoms. The first-order valence-electron chi connectivity index (χ1n) is 6.04. The van der Waals surface area contributed by atoms with Gasteiger partial charge in [0.25, 0.3) is 0 Å². The molecule has 0 aliphatic carbocycles. The van der Waals surface area contributed by atoms with Gasteiger partial charge in [-0.3, -0.25) is 4.79 Å². The Morgan fingerprint density at radius 1 is 1.33 bits per heavy atom. The van der Waals surface area contributed by atoms with Crippen LogP contribution in [-0.4, -0.2) is 24.4 Å². The molecule has 0 radical (unpaired) electrons. The number of nitrogens with zero attached hydrogens (tertiary/aromatic N) is 1. The van der Waals surface area contributed by atoms with E-state index in [-0.39, 0.29) is 5.91 Å². The van der Waals surface area contributed by atoms with Gasteiger partial charge in [0.1, 0.15) is 5.76 Å². The van der Waals surface area contributed by atoms with E-state index in [9.17, 15) is 4.79 Å². The zero-order chi connectivity index (χ0) is 12.8. The molecule has 2 aromatic heterocycles. The maximum absolute atomic E-state index is 11.9. The molecule has 0 N–H and O–H groups in total. The number of rotatable bonds is 6. The molecule has 0 fully saturated rings. The lowest BCUT2D eigenvalue weighted by Gasteiger charge is -2.16. The smallest absolute Gasteiger partial charge is 0.222 e. The van der Waals surface area contributed by atoms with E-state index in [1.807, 2.05) is 30.6 Å². The Hall–Kier alpha value is -1.55. The SMILES string of the molecule is CN(CCc1ccco1)C(=O)CCc1cccs1. The minimum atomic E-state index is 0.190. The van der Waals surface area contributed by atoms with Crippen LogP contribution < -0.4 is 0 Å². The molecule has 0 atom stereocenters. The summed E-state index contributed by atoms with van der Waals surface area (Å²) in [7, 11) is 1.85. The van der Waals surface area contributed by atoms with E-state index in [1.54, 1.807) is 22.5 Å². The zero-order valence-electron chi connectivity index (χ0n) is 10.5. The summed E-state index contributed by atoms with van der Waals surface area (Å²) in [6, 6.07) is 7.89. The standard InChI is InChI=1S/C14H17NO2S/c1-15(9-8-12-4-2-10-17-12)14(16)7-6-13-5-3-11-18-13/h2-5,10-11H,6-9H2,1H3. The third-order valence-corrected chi connectivity index (χ3v) is 3.80. The first-order chi connectivity index (χ1) is 8.75. The second-order valence-corrected chi connectivity index (χ2v) is 5.26. The number of likely N-dealkylation sites (N-methyl/N-ethyl adjacent to an activating group) is 1. The van der Waals surface area contributed by atoms with Crippen molar-refractivity contribution in [2.24, 2.45) is 0 Å². The van der Waals surface area contributed by atoms with Crippen molar-refractivity contribution in [3.63, 3.8) is 0 Å². The van der Waals surface area contributed by atoms with Gasteiger partial charge in [0.15, 0.2) is 0 Å². The number of hydrogen-bond acceptors (Lipinski definition) is 3. The molecule has 2 rings (SSSR count). The van der Waals surface area contributed by atoms with Gasteiger partial charge in [0.05, 0.1) is 6.26 Å². The Kier molecular flexibility index (Phi) is 4.59. The highest BCUT2D eigenvalue weighted by molar-refractivity contribution is 7.09. The summed E-state index contributed by atoms with van der Waals surface area (Å²) < 4.78 is 5.25. The quantitative estimate of drug-likeness (QED) is 0.803. The molecule has 0 unspecified atom stereocenters. The number of hydrogen-bond donors (Lipinski definition) is 0. The monoisotopic (exact) mass is 263 g/mol. The maximum atomic E-state index is 11.9. The van der Waals surface area contributed by atoms with Crippen molar-refractivity contribution in [1.82, 2.24) is 4.90 Å². The number of carbonyl (C=O) groups is 1. The lowest BCUT2D eigenvalue weighted by atomic mass is 10.2. The topological polar surface area (TPSA) is 33.5 Å². The van der Waals surface area contributed by atoms with E-state index in [1.165, 1.54) is 4.88 Å². The molecule has 0 saturated heterocycles. The first kappa shape index (κ1) is 12.9. The maximum Gasteiger partial charge on any atom is 0.222 e. The van der Waals surface area contributed by atoms with Gasteiger partial charge in [-0.25, -0.2) is 0 Å². The van der Waals surface area contributed by atoms with Crippen molar-refractivity contribution < 1.29 is 9.21 Å². The van der Waals surface area contributed by atoms with Crippen LogP contribution >= 0.6 is 11.3 Å². The summed E-state index contributed by atoms with van der Waals surface area (Å²) in [6.07, 6.45) is 3.85. The normalized spacial score (nSPS) is 10.5. The molecule has 2 heterocycles. The van der Waals surface area contributed by atoms with Crippen molar-refractivity contribution >= 4 is 17.2 Å². The minimum Gasteiger partial charge on any atom is -0.469 e. The van der Waals surface area contributed by atoms with Crippen molar-refractivity contribution in [3.8, 4) is 0 Å². The molecule has 0 aromatic carbocycles. The Morgan fingerprint density at radius 3 is 2.89 bits per heavy atom. The predicted octanol–water partition coefficient (Wildman–Crippen LogP) is 2.97. The van der Waals surface area contributed by atoms with Gasteiger partial charge in [0, 0.05) is 31.3 Å². The van der Waals surface area contributed by atoms with E-state index in [2.05, 4.69) is 6.07 Å². The van der Waals surface area contributed by atoms with Crippen LogP contribution in [0, 0.1) is 0 Å². The fourth-order valence-electron chi connectivity index (χ4n) is 1.73. The summed E-state index contributed by atoms with van der Waals surface area (Å²) >= 11 is 1.70. The van der Waals surface area contributed by atoms with Crippen LogP contribution in [0.5, 0.6) is 0 Å². The Balaban J connectivity index is 1.71. The summed E-state index contributed by atoms with van der Waals surface area (Å²) in [4.78, 5) is 14.9. The largest absolute Gasteiger partial charge is 0.469 e. The van der Waals surface area contributed by atoms with Crippen molar-refractivity contribution in [2.45, 2.75) is 19.3 Å². The summed E-state index contributed by atoms with van der Waals surface area (Å²) in [5.74, 6) is 1.11. The molecule has 0 saturated carbocycles. The highest BCUT2D eigenvalue weighted by atomic mass is 32.1. The van der Waals surface area contributed by atoms with E-state index < -0.39 is 0 Å². The molecule has 18 heavy (non-hydrogen) atoms. The Bertz CT molecular complexity index is 462.